The third kappa shape index (κ3) is 2.29. The second kappa shape index (κ2) is 5.26. The maximum atomic E-state index is 12.7. The summed E-state index contributed by atoms with van der Waals surface area (Å²) in [7, 11) is 0. The fourth-order valence-electron chi connectivity index (χ4n) is 3.24. The molecule has 6 heteroatoms. The van der Waals surface area contributed by atoms with Crippen LogP contribution in [0.3, 0.4) is 0 Å². The second-order valence-electron chi connectivity index (χ2n) is 5.78. The molecule has 2 aliphatic heterocycles. The Labute approximate surface area is 133 Å². The molecular formula is C16H17ClN2O3. The lowest BCUT2D eigenvalue weighted by atomic mass is 10.0. The van der Waals surface area contributed by atoms with Gasteiger partial charge in [0, 0.05) is 41.9 Å². The van der Waals surface area contributed by atoms with E-state index in [9.17, 15) is 4.79 Å². The van der Waals surface area contributed by atoms with Gasteiger partial charge in [0.25, 0.3) is 5.91 Å². The first kappa shape index (κ1) is 14.1. The minimum absolute atomic E-state index is 0.000105. The molecule has 3 heterocycles. The second-order valence-corrected chi connectivity index (χ2v) is 6.19. The molecule has 1 amide bonds. The van der Waals surface area contributed by atoms with Crippen molar-refractivity contribution in [2.45, 2.75) is 18.6 Å². The zero-order valence-corrected chi connectivity index (χ0v) is 12.9. The van der Waals surface area contributed by atoms with E-state index in [0.717, 1.165) is 23.7 Å². The van der Waals surface area contributed by atoms with Crippen molar-refractivity contribution in [3.63, 3.8) is 0 Å². The summed E-state index contributed by atoms with van der Waals surface area (Å²) < 4.78 is 11.4. The lowest BCUT2D eigenvalue weighted by Gasteiger charge is -2.37. The van der Waals surface area contributed by atoms with E-state index in [1.165, 1.54) is 0 Å². The van der Waals surface area contributed by atoms with E-state index in [-0.39, 0.29) is 5.91 Å². The molecule has 2 fully saturated rings. The summed E-state index contributed by atoms with van der Waals surface area (Å²) in [6.07, 6.45) is 1.44. The normalized spacial score (nSPS) is 20.9. The topological polar surface area (TPSA) is 54.6 Å². The van der Waals surface area contributed by atoms with Crippen LogP contribution in [0.5, 0.6) is 0 Å². The van der Waals surface area contributed by atoms with Gasteiger partial charge in [-0.1, -0.05) is 17.7 Å². The maximum absolute atomic E-state index is 12.7. The van der Waals surface area contributed by atoms with E-state index in [1.807, 2.05) is 29.2 Å². The van der Waals surface area contributed by atoms with Crippen LogP contribution in [0.4, 0.5) is 0 Å². The van der Waals surface area contributed by atoms with Gasteiger partial charge in [-0.15, -0.1) is 0 Å². The van der Waals surface area contributed by atoms with Crippen molar-refractivity contribution in [1.82, 2.24) is 9.88 Å². The molecule has 0 atom stereocenters. The molecule has 22 heavy (non-hydrogen) atoms. The van der Waals surface area contributed by atoms with Crippen LogP contribution < -0.4 is 0 Å². The molecule has 1 spiro atoms. The van der Waals surface area contributed by atoms with E-state index < -0.39 is 5.79 Å². The van der Waals surface area contributed by atoms with Gasteiger partial charge in [0.2, 0.25) is 0 Å². The Bertz CT molecular complexity index is 711. The summed E-state index contributed by atoms with van der Waals surface area (Å²) in [6, 6.07) is 7.44. The van der Waals surface area contributed by atoms with Gasteiger partial charge in [-0.3, -0.25) is 4.79 Å². The summed E-state index contributed by atoms with van der Waals surface area (Å²) >= 11 is 6.16. The van der Waals surface area contributed by atoms with Crippen LogP contribution in [0.15, 0.2) is 24.3 Å². The van der Waals surface area contributed by atoms with Crippen LogP contribution in [-0.2, 0) is 9.47 Å². The number of ether oxygens (including phenoxy) is 2. The first-order valence-corrected chi connectivity index (χ1v) is 7.89. The Balaban J connectivity index is 1.53. The molecule has 0 saturated carbocycles. The lowest BCUT2D eigenvalue weighted by Crippen LogP contribution is -2.47. The number of nitrogens with zero attached hydrogens (tertiary/aromatic N) is 1. The molecule has 1 N–H and O–H groups in total. The van der Waals surface area contributed by atoms with Gasteiger partial charge in [0.15, 0.2) is 5.79 Å². The molecule has 1 aromatic carbocycles. The molecule has 5 nitrogen and oxygen atoms in total. The SMILES string of the molecule is O=C(c1cc2c(Cl)cccc2[nH]1)N1CCC2(CC1)OCCO2. The summed E-state index contributed by atoms with van der Waals surface area (Å²) in [5.74, 6) is -0.458. The largest absolute Gasteiger partial charge is 0.350 e. The number of H-pyrrole nitrogens is 1. The Morgan fingerprint density at radius 3 is 2.64 bits per heavy atom. The van der Waals surface area contributed by atoms with Crippen molar-refractivity contribution >= 4 is 28.4 Å². The highest BCUT2D eigenvalue weighted by molar-refractivity contribution is 6.35. The molecular weight excluding hydrogens is 304 g/mol. The maximum Gasteiger partial charge on any atom is 0.270 e. The first-order chi connectivity index (χ1) is 10.7. The van der Waals surface area contributed by atoms with E-state index in [4.69, 9.17) is 21.1 Å². The number of aromatic amines is 1. The van der Waals surface area contributed by atoms with Crippen LogP contribution in [-0.4, -0.2) is 47.9 Å². The highest BCUT2D eigenvalue weighted by Gasteiger charge is 2.41. The molecule has 0 radical (unpaired) electrons. The summed E-state index contributed by atoms with van der Waals surface area (Å²) in [5.41, 5.74) is 1.46. The Morgan fingerprint density at radius 1 is 1.23 bits per heavy atom. The number of benzene rings is 1. The van der Waals surface area contributed by atoms with Crippen molar-refractivity contribution in [3.05, 3.63) is 35.0 Å². The zero-order chi connectivity index (χ0) is 15.2. The van der Waals surface area contributed by atoms with Gasteiger partial charge in [-0.25, -0.2) is 0 Å². The number of piperidine rings is 1. The number of carbonyl (C=O) groups excluding carboxylic acids is 1. The molecule has 2 aliphatic rings. The van der Waals surface area contributed by atoms with Gasteiger partial charge in [-0.2, -0.15) is 0 Å². The lowest BCUT2D eigenvalue weighted by molar-refractivity contribution is -0.181. The van der Waals surface area contributed by atoms with Crippen LogP contribution in [0.2, 0.25) is 5.02 Å². The highest BCUT2D eigenvalue weighted by Crippen LogP contribution is 2.32. The number of hydrogen-bond acceptors (Lipinski definition) is 3. The number of nitrogens with one attached hydrogen (secondary N) is 1. The fourth-order valence-corrected chi connectivity index (χ4v) is 3.47. The molecule has 4 rings (SSSR count). The molecule has 116 valence electrons. The number of hydrogen-bond donors (Lipinski definition) is 1. The zero-order valence-electron chi connectivity index (χ0n) is 12.1. The number of rotatable bonds is 1. The van der Waals surface area contributed by atoms with Gasteiger partial charge in [0.1, 0.15) is 5.69 Å². The third-order valence-electron chi connectivity index (χ3n) is 4.47. The average molecular weight is 321 g/mol. The van der Waals surface area contributed by atoms with E-state index in [0.29, 0.717) is 37.0 Å². The van der Waals surface area contributed by atoms with Gasteiger partial charge >= 0.3 is 0 Å². The Kier molecular flexibility index (Phi) is 3.36. The number of carbonyl (C=O) groups is 1. The van der Waals surface area contributed by atoms with E-state index in [1.54, 1.807) is 0 Å². The third-order valence-corrected chi connectivity index (χ3v) is 4.80. The van der Waals surface area contributed by atoms with Gasteiger partial charge in [-0.05, 0) is 18.2 Å². The monoisotopic (exact) mass is 320 g/mol. The van der Waals surface area contributed by atoms with E-state index >= 15 is 0 Å². The summed E-state index contributed by atoms with van der Waals surface area (Å²) in [4.78, 5) is 17.7. The smallest absolute Gasteiger partial charge is 0.270 e. The Hall–Kier alpha value is -1.56. The molecule has 0 unspecified atom stereocenters. The molecule has 2 aromatic rings. The Morgan fingerprint density at radius 2 is 1.95 bits per heavy atom. The predicted octanol–water partition coefficient (Wildman–Crippen LogP) is 2.80. The van der Waals surface area contributed by atoms with Gasteiger partial charge in [0.05, 0.1) is 13.2 Å². The number of likely N-dealkylation sites (tertiary alicyclic amines) is 1. The highest BCUT2D eigenvalue weighted by atomic mass is 35.5. The molecule has 0 bridgehead atoms. The number of amides is 1. The predicted molar refractivity (Wildman–Crippen MR) is 83.1 cm³/mol. The summed E-state index contributed by atoms with van der Waals surface area (Å²) in [5, 5.41) is 1.53. The number of aromatic nitrogens is 1. The average Bonchev–Trinajstić information content (AvgIpc) is 3.15. The van der Waals surface area contributed by atoms with Crippen molar-refractivity contribution in [2.24, 2.45) is 0 Å². The number of halogens is 1. The fraction of sp³-hybridized carbons (Fsp3) is 0.438. The van der Waals surface area contributed by atoms with Crippen LogP contribution in [0.25, 0.3) is 10.9 Å². The van der Waals surface area contributed by atoms with Crippen LogP contribution in [0.1, 0.15) is 23.3 Å². The van der Waals surface area contributed by atoms with Gasteiger partial charge < -0.3 is 19.4 Å². The standard InChI is InChI=1S/C16H17ClN2O3/c17-12-2-1-3-13-11(12)10-14(18-13)15(20)19-6-4-16(5-7-19)21-8-9-22-16/h1-3,10,18H,4-9H2. The minimum Gasteiger partial charge on any atom is -0.350 e. The molecule has 2 saturated heterocycles. The quantitative estimate of drug-likeness (QED) is 0.879. The van der Waals surface area contributed by atoms with Crippen LogP contribution >= 0.6 is 11.6 Å². The van der Waals surface area contributed by atoms with E-state index in [2.05, 4.69) is 4.98 Å². The minimum atomic E-state index is -0.458. The number of fused-ring (bicyclic) bond motifs is 1. The van der Waals surface area contributed by atoms with Crippen molar-refractivity contribution in [3.8, 4) is 0 Å². The van der Waals surface area contributed by atoms with Crippen molar-refractivity contribution in [2.75, 3.05) is 26.3 Å². The van der Waals surface area contributed by atoms with Crippen molar-refractivity contribution < 1.29 is 14.3 Å². The summed E-state index contributed by atoms with van der Waals surface area (Å²) in [6.45, 7) is 2.58. The molecule has 1 aromatic heterocycles. The molecule has 0 aliphatic carbocycles. The van der Waals surface area contributed by atoms with Crippen LogP contribution in [0, 0.1) is 0 Å². The van der Waals surface area contributed by atoms with Crippen molar-refractivity contribution in [1.29, 1.82) is 0 Å². The first-order valence-electron chi connectivity index (χ1n) is 7.51.